The van der Waals surface area contributed by atoms with Gasteiger partial charge in [-0.05, 0) is 19.8 Å². The number of rotatable bonds is 12. The molecular weight excluding hydrogens is 461 g/mol. The van der Waals surface area contributed by atoms with Crippen molar-refractivity contribution >= 4 is 22.1 Å². The van der Waals surface area contributed by atoms with Crippen molar-refractivity contribution in [2.24, 2.45) is 0 Å². The van der Waals surface area contributed by atoms with Crippen molar-refractivity contribution in [1.29, 1.82) is 0 Å². The van der Waals surface area contributed by atoms with Crippen LogP contribution in [0.15, 0.2) is 0 Å². The summed E-state index contributed by atoms with van der Waals surface area (Å²) in [6.07, 6.45) is -9.95. The molecule has 0 aromatic carbocycles. The fourth-order valence-electron chi connectivity index (χ4n) is 1.84. The van der Waals surface area contributed by atoms with Crippen molar-refractivity contribution in [3.63, 3.8) is 0 Å². The molecule has 0 fully saturated rings. The lowest BCUT2D eigenvalue weighted by Crippen LogP contribution is -2.58. The Labute approximate surface area is 166 Å². The van der Waals surface area contributed by atoms with Gasteiger partial charge in [0.1, 0.15) is 0 Å². The van der Waals surface area contributed by atoms with E-state index >= 15 is 0 Å². The minimum Gasteiger partial charge on any atom is -0.461 e. The molecule has 1 unspecified atom stereocenters. The Hall–Kier alpha value is -1.68. The third kappa shape index (κ3) is 6.41. The summed E-state index contributed by atoms with van der Waals surface area (Å²) >= 11 is 0. The second-order valence-corrected chi connectivity index (χ2v) is 7.13. The first-order valence-corrected chi connectivity index (χ1v) is 9.66. The first kappa shape index (κ1) is 28.3. The number of hydrogen-bond donors (Lipinski definition) is 1. The van der Waals surface area contributed by atoms with Gasteiger partial charge in [0.15, 0.2) is 0 Å². The number of carbonyl (C=O) groups excluding carboxylic acids is 2. The predicted molar refractivity (Wildman–Crippen MR) is 83.0 cm³/mol. The normalized spacial score (nSPS) is 15.4. The fourth-order valence-corrected chi connectivity index (χ4v) is 2.32. The molecule has 0 amide bonds. The van der Waals surface area contributed by atoms with Crippen LogP contribution in [0.3, 0.4) is 0 Å². The van der Waals surface area contributed by atoms with Gasteiger partial charge in [-0.15, -0.1) is 0 Å². The maximum absolute atomic E-state index is 13.4. The summed E-state index contributed by atoms with van der Waals surface area (Å²) in [6.45, 7) is 0.480. The van der Waals surface area contributed by atoms with E-state index in [1.807, 2.05) is 0 Å². The van der Waals surface area contributed by atoms with E-state index in [1.54, 1.807) is 0 Å². The average molecular weight is 480 g/mol. The second-order valence-electron chi connectivity index (χ2n) is 5.66. The summed E-state index contributed by atoms with van der Waals surface area (Å²) in [5.74, 6) is -13.1. The zero-order chi connectivity index (χ0) is 24.0. The van der Waals surface area contributed by atoms with Crippen LogP contribution < -0.4 is 0 Å². The molecule has 0 heterocycles. The predicted octanol–water partition coefficient (Wildman–Crippen LogP) is 3.06. The fraction of sp³-hybridized carbons (Fsp3) is 0.857. The molecule has 0 aromatic heterocycles. The Bertz CT molecular complexity index is 708. The lowest BCUT2D eigenvalue weighted by molar-refractivity contribution is -0.355. The highest BCUT2D eigenvalue weighted by Gasteiger charge is 2.68. The standard InChI is InChI=1S/C14H19F7O8S/c1-3-9(22)29-12(13(17,18)19,10(23)27-4-2)28-8-6-5-7-11(15,16)14(20,21)30(24,25)26/h3-8H2,1-2H3,(H,24,25,26). The summed E-state index contributed by atoms with van der Waals surface area (Å²) in [4.78, 5) is 23.1. The monoisotopic (exact) mass is 480 g/mol. The molecule has 0 spiro atoms. The molecule has 1 N–H and O–H groups in total. The van der Waals surface area contributed by atoms with Crippen molar-refractivity contribution in [3.05, 3.63) is 0 Å². The lowest BCUT2D eigenvalue weighted by atomic mass is 10.1. The molecule has 0 saturated carbocycles. The van der Waals surface area contributed by atoms with Crippen LogP contribution >= 0.6 is 0 Å². The summed E-state index contributed by atoms with van der Waals surface area (Å²) < 4.78 is 135. The van der Waals surface area contributed by atoms with Gasteiger partial charge in [-0.1, -0.05) is 6.92 Å². The Morgan fingerprint density at radius 1 is 0.967 bits per heavy atom. The highest BCUT2D eigenvalue weighted by molar-refractivity contribution is 7.87. The molecule has 0 saturated heterocycles. The molecule has 0 rings (SSSR count). The SMILES string of the molecule is CCOC(=O)C(OCCCCC(F)(F)C(F)(F)S(=O)(=O)O)(OC(=O)CC)C(F)(F)F. The molecule has 8 nitrogen and oxygen atoms in total. The maximum Gasteiger partial charge on any atom is 0.468 e. The smallest absolute Gasteiger partial charge is 0.461 e. The van der Waals surface area contributed by atoms with Crippen molar-refractivity contribution in [2.75, 3.05) is 13.2 Å². The van der Waals surface area contributed by atoms with Gasteiger partial charge < -0.3 is 14.2 Å². The van der Waals surface area contributed by atoms with Crippen LogP contribution in [0, 0.1) is 0 Å². The molecule has 1 atom stereocenters. The highest BCUT2D eigenvalue weighted by Crippen LogP contribution is 2.42. The number of hydrogen-bond acceptors (Lipinski definition) is 7. The van der Waals surface area contributed by atoms with E-state index < -0.39 is 84.1 Å². The van der Waals surface area contributed by atoms with Gasteiger partial charge in [-0.3, -0.25) is 9.35 Å². The van der Waals surface area contributed by atoms with Crippen molar-refractivity contribution in [1.82, 2.24) is 0 Å². The Morgan fingerprint density at radius 3 is 1.90 bits per heavy atom. The van der Waals surface area contributed by atoms with Gasteiger partial charge in [0.25, 0.3) is 0 Å². The van der Waals surface area contributed by atoms with Crippen molar-refractivity contribution in [2.45, 2.75) is 62.7 Å². The summed E-state index contributed by atoms with van der Waals surface area (Å²) in [6, 6.07) is 0. The number of halogens is 7. The van der Waals surface area contributed by atoms with E-state index in [0.717, 1.165) is 13.8 Å². The highest BCUT2D eigenvalue weighted by atomic mass is 32.2. The molecular formula is C14H19F7O8S. The van der Waals surface area contributed by atoms with E-state index in [0.29, 0.717) is 0 Å². The van der Waals surface area contributed by atoms with Gasteiger partial charge in [0, 0.05) is 12.8 Å². The first-order valence-electron chi connectivity index (χ1n) is 8.22. The molecule has 0 bridgehead atoms. The van der Waals surface area contributed by atoms with Crippen LogP contribution in [0.25, 0.3) is 0 Å². The molecule has 0 radical (unpaired) electrons. The van der Waals surface area contributed by atoms with Gasteiger partial charge in [0.2, 0.25) is 0 Å². The van der Waals surface area contributed by atoms with Crippen LogP contribution in [-0.4, -0.2) is 61.3 Å². The molecule has 0 aromatic rings. The zero-order valence-corrected chi connectivity index (χ0v) is 16.4. The summed E-state index contributed by atoms with van der Waals surface area (Å²) in [5.41, 5.74) is 0. The number of esters is 2. The van der Waals surface area contributed by atoms with E-state index in [9.17, 15) is 48.7 Å². The van der Waals surface area contributed by atoms with Crippen LogP contribution in [0.1, 0.15) is 39.5 Å². The summed E-state index contributed by atoms with van der Waals surface area (Å²) in [7, 11) is -6.46. The Morgan fingerprint density at radius 2 is 1.50 bits per heavy atom. The first-order chi connectivity index (χ1) is 13.4. The van der Waals surface area contributed by atoms with E-state index in [-0.39, 0.29) is 0 Å². The number of unbranched alkanes of at least 4 members (excludes halogenated alkanes) is 1. The van der Waals surface area contributed by atoms with Gasteiger partial charge in [-0.25, -0.2) is 4.79 Å². The maximum atomic E-state index is 13.4. The lowest BCUT2D eigenvalue weighted by Gasteiger charge is -2.32. The van der Waals surface area contributed by atoms with Gasteiger partial charge >= 0.3 is 45.2 Å². The molecule has 0 aliphatic rings. The average Bonchev–Trinajstić information content (AvgIpc) is 2.57. The van der Waals surface area contributed by atoms with Crippen molar-refractivity contribution < 1.29 is 67.5 Å². The minimum atomic E-state index is -6.46. The van der Waals surface area contributed by atoms with E-state index in [4.69, 9.17) is 4.55 Å². The van der Waals surface area contributed by atoms with Gasteiger partial charge in [0.05, 0.1) is 13.2 Å². The van der Waals surface area contributed by atoms with Crippen molar-refractivity contribution in [3.8, 4) is 0 Å². The molecule has 178 valence electrons. The topological polar surface area (TPSA) is 116 Å². The number of carbonyl (C=O) groups is 2. The molecule has 0 aliphatic carbocycles. The third-order valence-corrected chi connectivity index (χ3v) is 4.35. The Kier molecular flexibility index (Phi) is 9.52. The van der Waals surface area contributed by atoms with Gasteiger partial charge in [-0.2, -0.15) is 39.2 Å². The van der Waals surface area contributed by atoms with Crippen LogP contribution in [0.4, 0.5) is 30.7 Å². The largest absolute Gasteiger partial charge is 0.468 e. The summed E-state index contributed by atoms with van der Waals surface area (Å²) in [5, 5.41) is -5.84. The minimum absolute atomic E-state index is 0.569. The van der Waals surface area contributed by atoms with Crippen LogP contribution in [-0.2, 0) is 33.9 Å². The quantitative estimate of drug-likeness (QED) is 0.149. The zero-order valence-electron chi connectivity index (χ0n) is 15.6. The van der Waals surface area contributed by atoms with Crippen LogP contribution in [0.2, 0.25) is 0 Å². The molecule has 30 heavy (non-hydrogen) atoms. The second kappa shape index (κ2) is 10.1. The number of ether oxygens (including phenoxy) is 3. The van der Waals surface area contributed by atoms with E-state index in [1.165, 1.54) is 0 Å². The van der Waals surface area contributed by atoms with E-state index in [2.05, 4.69) is 14.2 Å². The third-order valence-electron chi connectivity index (χ3n) is 3.40. The van der Waals surface area contributed by atoms with Crippen LogP contribution in [0.5, 0.6) is 0 Å². The number of alkyl halides is 7. The molecule has 0 aliphatic heterocycles. The Balaban J connectivity index is 5.32. The molecule has 16 heteroatoms.